The Morgan fingerprint density at radius 1 is 0.973 bits per heavy atom. The second-order valence-corrected chi connectivity index (χ2v) is 9.18. The molecule has 8 nitrogen and oxygen atoms in total. The molecule has 4 aromatic heterocycles. The molecule has 4 heterocycles. The molecule has 0 saturated carbocycles. The number of nitrogens with zero attached hydrogens (tertiary/aromatic N) is 5. The molecule has 0 saturated heterocycles. The van der Waals surface area contributed by atoms with Gasteiger partial charge in [0.2, 0.25) is 0 Å². The van der Waals surface area contributed by atoms with Crippen molar-refractivity contribution >= 4 is 27.8 Å². The van der Waals surface area contributed by atoms with Gasteiger partial charge in [0.1, 0.15) is 11.5 Å². The van der Waals surface area contributed by atoms with Crippen LogP contribution in [0.4, 0.5) is 10.1 Å². The fourth-order valence-electron chi connectivity index (χ4n) is 4.43. The summed E-state index contributed by atoms with van der Waals surface area (Å²) >= 11 is 0. The summed E-state index contributed by atoms with van der Waals surface area (Å²) < 4.78 is 14.6. The second kappa shape index (κ2) is 9.44. The lowest BCUT2D eigenvalue weighted by atomic mass is 10.0. The summed E-state index contributed by atoms with van der Waals surface area (Å²) in [6, 6.07) is 16.8. The van der Waals surface area contributed by atoms with E-state index in [0.717, 1.165) is 56.6 Å². The molecule has 0 aliphatic heterocycles. The lowest BCUT2D eigenvalue weighted by Gasteiger charge is -2.13. The molecule has 37 heavy (non-hydrogen) atoms. The molecule has 0 fully saturated rings. The Labute approximate surface area is 212 Å². The summed E-state index contributed by atoms with van der Waals surface area (Å²) in [7, 11) is 4.01. The molecule has 0 aliphatic carbocycles. The number of hydrogen-bond acceptors (Lipinski definition) is 6. The highest BCUT2D eigenvalue weighted by Gasteiger charge is 2.16. The molecular formula is C28H25FN8. The first kappa shape index (κ1) is 22.8. The molecule has 9 heteroatoms. The molecule has 6 rings (SSSR count). The summed E-state index contributed by atoms with van der Waals surface area (Å²) in [5, 5.41) is 11.6. The standard InChI is InChI=1S/C28H25FN8/c1-37(2)10-9-31-21-12-18(11-20(29)14-21)22-6-3-7-24-25(22)34-28(33-24)26-23-13-19(16-32-27(23)36-35-26)17-5-4-8-30-15-17/h3-8,11-16,31H,9-10H2,1-2H3,(H,33,34)(H,32,35,36). The summed E-state index contributed by atoms with van der Waals surface area (Å²) in [5.41, 5.74) is 7.17. The maximum Gasteiger partial charge on any atom is 0.181 e. The predicted molar refractivity (Wildman–Crippen MR) is 145 cm³/mol. The van der Waals surface area contributed by atoms with Crippen LogP contribution in [-0.4, -0.2) is 62.2 Å². The number of imidazole rings is 1. The first-order valence-electron chi connectivity index (χ1n) is 12.0. The number of aromatic amines is 2. The largest absolute Gasteiger partial charge is 0.384 e. The maximum absolute atomic E-state index is 14.6. The van der Waals surface area contributed by atoms with Crippen LogP contribution in [0.25, 0.3) is 55.8 Å². The average Bonchev–Trinajstić information content (AvgIpc) is 3.52. The maximum atomic E-state index is 14.6. The molecule has 0 atom stereocenters. The van der Waals surface area contributed by atoms with Crippen LogP contribution in [0, 0.1) is 5.82 Å². The van der Waals surface area contributed by atoms with E-state index in [9.17, 15) is 4.39 Å². The molecule has 0 amide bonds. The van der Waals surface area contributed by atoms with E-state index in [4.69, 9.17) is 4.98 Å². The van der Waals surface area contributed by atoms with Gasteiger partial charge in [-0.3, -0.25) is 10.1 Å². The fraction of sp³-hybridized carbons (Fsp3) is 0.143. The summed E-state index contributed by atoms with van der Waals surface area (Å²) in [5.74, 6) is 0.335. The number of rotatable bonds is 7. The number of benzene rings is 2. The molecule has 0 radical (unpaired) electrons. The van der Waals surface area contributed by atoms with Crippen LogP contribution in [0.2, 0.25) is 0 Å². The topological polar surface area (TPSA) is 98.4 Å². The van der Waals surface area contributed by atoms with Gasteiger partial charge in [-0.25, -0.2) is 14.4 Å². The SMILES string of the molecule is CN(C)CCNc1cc(F)cc(-c2cccc3[nH]c(-c4[nH]nc5ncc(-c6cccnc6)cc45)nc23)c1. The van der Waals surface area contributed by atoms with Gasteiger partial charge in [0, 0.05) is 54.1 Å². The van der Waals surface area contributed by atoms with Gasteiger partial charge in [0.05, 0.1) is 16.4 Å². The van der Waals surface area contributed by atoms with E-state index in [-0.39, 0.29) is 5.82 Å². The molecule has 184 valence electrons. The van der Waals surface area contributed by atoms with E-state index < -0.39 is 0 Å². The molecule has 0 bridgehead atoms. The summed E-state index contributed by atoms with van der Waals surface area (Å²) in [6.07, 6.45) is 5.33. The first-order valence-corrected chi connectivity index (χ1v) is 12.0. The van der Waals surface area contributed by atoms with E-state index in [1.807, 2.05) is 56.6 Å². The van der Waals surface area contributed by atoms with E-state index in [2.05, 4.69) is 35.4 Å². The number of likely N-dealkylation sites (N-methyl/N-ethyl adjacent to an activating group) is 1. The van der Waals surface area contributed by atoms with Crippen molar-refractivity contribution in [2.45, 2.75) is 0 Å². The highest BCUT2D eigenvalue weighted by molar-refractivity contribution is 5.97. The van der Waals surface area contributed by atoms with Gasteiger partial charge in [-0.05, 0) is 56.1 Å². The molecule has 3 N–H and O–H groups in total. The summed E-state index contributed by atoms with van der Waals surface area (Å²) in [6.45, 7) is 1.56. The van der Waals surface area contributed by atoms with Crippen LogP contribution in [0.1, 0.15) is 0 Å². The van der Waals surface area contributed by atoms with Crippen LogP contribution >= 0.6 is 0 Å². The van der Waals surface area contributed by atoms with Crippen molar-refractivity contribution in [2.24, 2.45) is 0 Å². The molecule has 0 aliphatic rings. The normalized spacial score (nSPS) is 11.6. The van der Waals surface area contributed by atoms with E-state index in [1.165, 1.54) is 12.1 Å². The van der Waals surface area contributed by atoms with Crippen LogP contribution in [-0.2, 0) is 0 Å². The lowest BCUT2D eigenvalue weighted by Crippen LogP contribution is -2.20. The first-order chi connectivity index (χ1) is 18.0. The number of fused-ring (bicyclic) bond motifs is 2. The number of anilines is 1. The molecule has 6 aromatic rings. The lowest BCUT2D eigenvalue weighted by molar-refractivity contribution is 0.425. The minimum Gasteiger partial charge on any atom is -0.384 e. The van der Waals surface area contributed by atoms with Gasteiger partial charge < -0.3 is 15.2 Å². The Morgan fingerprint density at radius 2 is 1.89 bits per heavy atom. The van der Waals surface area contributed by atoms with Gasteiger partial charge in [-0.15, -0.1) is 0 Å². The number of H-pyrrole nitrogens is 2. The van der Waals surface area contributed by atoms with E-state index in [1.54, 1.807) is 18.6 Å². The number of halogens is 1. The third-order valence-electron chi connectivity index (χ3n) is 6.25. The van der Waals surface area contributed by atoms with Crippen molar-refractivity contribution in [2.75, 3.05) is 32.5 Å². The van der Waals surface area contributed by atoms with Crippen LogP contribution < -0.4 is 5.32 Å². The number of hydrogen-bond donors (Lipinski definition) is 3. The Hall–Kier alpha value is -4.63. The third-order valence-corrected chi connectivity index (χ3v) is 6.25. The predicted octanol–water partition coefficient (Wildman–Crippen LogP) is 5.34. The highest BCUT2D eigenvalue weighted by atomic mass is 19.1. The molecule has 2 aromatic carbocycles. The van der Waals surface area contributed by atoms with Gasteiger partial charge in [-0.2, -0.15) is 5.10 Å². The molecule has 0 unspecified atom stereocenters. The monoisotopic (exact) mass is 492 g/mol. The van der Waals surface area contributed by atoms with E-state index in [0.29, 0.717) is 18.0 Å². The molecule has 0 spiro atoms. The third kappa shape index (κ3) is 4.52. The van der Waals surface area contributed by atoms with Gasteiger partial charge in [-0.1, -0.05) is 18.2 Å². The minimum absolute atomic E-state index is 0.300. The smallest absolute Gasteiger partial charge is 0.181 e. The van der Waals surface area contributed by atoms with Crippen LogP contribution in [0.3, 0.4) is 0 Å². The zero-order chi connectivity index (χ0) is 25.4. The average molecular weight is 493 g/mol. The fourth-order valence-corrected chi connectivity index (χ4v) is 4.43. The van der Waals surface area contributed by atoms with E-state index >= 15 is 0 Å². The van der Waals surface area contributed by atoms with Crippen molar-refractivity contribution in [1.29, 1.82) is 0 Å². The second-order valence-electron chi connectivity index (χ2n) is 9.18. The summed E-state index contributed by atoms with van der Waals surface area (Å²) in [4.78, 5) is 19.1. The zero-order valence-electron chi connectivity index (χ0n) is 20.5. The van der Waals surface area contributed by atoms with Gasteiger partial charge in [0.25, 0.3) is 0 Å². The molecular weight excluding hydrogens is 467 g/mol. The zero-order valence-corrected chi connectivity index (χ0v) is 20.5. The number of para-hydroxylation sites is 1. The Bertz CT molecular complexity index is 1700. The van der Waals surface area contributed by atoms with Crippen molar-refractivity contribution < 1.29 is 4.39 Å². The number of aromatic nitrogens is 6. The van der Waals surface area contributed by atoms with Gasteiger partial charge >= 0.3 is 0 Å². The number of nitrogens with one attached hydrogen (secondary N) is 3. The van der Waals surface area contributed by atoms with Crippen molar-refractivity contribution in [3.8, 4) is 33.8 Å². The Kier molecular flexibility index (Phi) is 5.82. The van der Waals surface area contributed by atoms with Gasteiger partial charge in [0.15, 0.2) is 11.5 Å². The Balaban J connectivity index is 1.41. The minimum atomic E-state index is -0.300. The van der Waals surface area contributed by atoms with Crippen LogP contribution in [0.5, 0.6) is 0 Å². The van der Waals surface area contributed by atoms with Crippen molar-refractivity contribution in [3.63, 3.8) is 0 Å². The van der Waals surface area contributed by atoms with Crippen LogP contribution in [0.15, 0.2) is 73.2 Å². The van der Waals surface area contributed by atoms with Crippen molar-refractivity contribution in [3.05, 3.63) is 79.0 Å². The quantitative estimate of drug-likeness (QED) is 0.278. The highest BCUT2D eigenvalue weighted by Crippen LogP contribution is 2.33. The number of pyridine rings is 2. The Morgan fingerprint density at radius 3 is 2.73 bits per heavy atom. The van der Waals surface area contributed by atoms with Crippen molar-refractivity contribution in [1.82, 2.24) is 35.0 Å².